The molecule has 0 radical (unpaired) electrons. The van der Waals surface area contributed by atoms with Crippen molar-refractivity contribution < 1.29 is 5.11 Å². The van der Waals surface area contributed by atoms with Gasteiger partial charge in [-0.2, -0.15) is 0 Å². The van der Waals surface area contributed by atoms with Gasteiger partial charge in [-0.1, -0.05) is 39.5 Å². The van der Waals surface area contributed by atoms with E-state index in [-0.39, 0.29) is 6.04 Å². The number of nitrogens with two attached hydrogens (primary N) is 1. The fourth-order valence-electron chi connectivity index (χ4n) is 2.81. The molecule has 3 N–H and O–H groups in total. The lowest BCUT2D eigenvalue weighted by Gasteiger charge is -2.27. The van der Waals surface area contributed by atoms with E-state index < -0.39 is 5.60 Å². The van der Waals surface area contributed by atoms with Crippen molar-refractivity contribution in [3.63, 3.8) is 0 Å². The molecule has 3 unspecified atom stereocenters. The van der Waals surface area contributed by atoms with Crippen molar-refractivity contribution in [1.82, 2.24) is 0 Å². The summed E-state index contributed by atoms with van der Waals surface area (Å²) in [6.07, 6.45) is 8.71. The molecule has 2 nitrogen and oxygen atoms in total. The fourth-order valence-corrected chi connectivity index (χ4v) is 2.81. The molecule has 1 aliphatic carbocycles. The lowest BCUT2D eigenvalue weighted by Crippen LogP contribution is -2.30. The molecule has 1 rings (SSSR count). The minimum atomic E-state index is -0.437. The van der Waals surface area contributed by atoms with E-state index >= 15 is 0 Å². The molecule has 0 amide bonds. The summed E-state index contributed by atoms with van der Waals surface area (Å²) >= 11 is 0. The summed E-state index contributed by atoms with van der Waals surface area (Å²) in [4.78, 5) is 0. The third kappa shape index (κ3) is 4.12. The zero-order valence-corrected chi connectivity index (χ0v) is 10.3. The molecule has 0 heterocycles. The molecule has 90 valence electrons. The van der Waals surface area contributed by atoms with Crippen LogP contribution >= 0.6 is 0 Å². The first-order valence-corrected chi connectivity index (χ1v) is 6.57. The first kappa shape index (κ1) is 13.0. The van der Waals surface area contributed by atoms with E-state index in [0.29, 0.717) is 5.92 Å². The van der Waals surface area contributed by atoms with Gasteiger partial charge in [-0.15, -0.1) is 0 Å². The topological polar surface area (TPSA) is 46.2 Å². The van der Waals surface area contributed by atoms with Crippen molar-refractivity contribution in [1.29, 1.82) is 0 Å². The lowest BCUT2D eigenvalue weighted by molar-refractivity contribution is 0.0188. The highest BCUT2D eigenvalue weighted by atomic mass is 16.3. The summed E-state index contributed by atoms with van der Waals surface area (Å²) in [5.74, 6) is 0.695. The molecule has 0 spiro atoms. The average Bonchev–Trinajstić information content (AvgIpc) is 2.53. The highest BCUT2D eigenvalue weighted by Gasteiger charge is 2.36. The van der Waals surface area contributed by atoms with Crippen LogP contribution in [-0.2, 0) is 0 Å². The van der Waals surface area contributed by atoms with Crippen LogP contribution in [-0.4, -0.2) is 16.7 Å². The maximum Gasteiger partial charge on any atom is 0.0665 e. The highest BCUT2D eigenvalue weighted by molar-refractivity contribution is 4.92. The Labute approximate surface area is 94.2 Å². The molecule has 0 saturated heterocycles. The van der Waals surface area contributed by atoms with Crippen LogP contribution in [0, 0.1) is 5.92 Å². The van der Waals surface area contributed by atoms with E-state index in [4.69, 9.17) is 5.73 Å². The Morgan fingerprint density at radius 2 is 2.20 bits per heavy atom. The van der Waals surface area contributed by atoms with Crippen LogP contribution in [0.1, 0.15) is 65.2 Å². The van der Waals surface area contributed by atoms with Crippen molar-refractivity contribution in [3.8, 4) is 0 Å². The Kier molecular flexibility index (Phi) is 5.07. The zero-order chi connectivity index (χ0) is 11.3. The molecule has 0 aromatic carbocycles. The monoisotopic (exact) mass is 213 g/mol. The number of unbranched alkanes of at least 4 members (excludes halogenated alkanes) is 1. The second-order valence-electron chi connectivity index (χ2n) is 5.35. The van der Waals surface area contributed by atoms with Crippen molar-refractivity contribution in [3.05, 3.63) is 0 Å². The summed E-state index contributed by atoms with van der Waals surface area (Å²) in [6.45, 7) is 4.46. The molecule has 0 bridgehead atoms. The fraction of sp³-hybridized carbons (Fsp3) is 1.00. The molecule has 1 saturated carbocycles. The maximum absolute atomic E-state index is 10.4. The van der Waals surface area contributed by atoms with Crippen LogP contribution in [0.25, 0.3) is 0 Å². The van der Waals surface area contributed by atoms with E-state index in [9.17, 15) is 5.11 Å². The minimum absolute atomic E-state index is 0.235. The first-order valence-electron chi connectivity index (χ1n) is 6.57. The Bertz CT molecular complexity index is 183. The van der Waals surface area contributed by atoms with Crippen molar-refractivity contribution >= 4 is 0 Å². The summed E-state index contributed by atoms with van der Waals surface area (Å²) in [5, 5.41) is 10.4. The quantitative estimate of drug-likeness (QED) is 0.712. The van der Waals surface area contributed by atoms with E-state index in [0.717, 1.165) is 25.7 Å². The standard InChI is InChI=1S/C13H27NO/c1-3-5-6-11(4-2)9-13(15)8-7-12(14)10-13/h11-12,15H,3-10,14H2,1-2H3. The number of rotatable bonds is 6. The van der Waals surface area contributed by atoms with Gasteiger partial charge in [-0.05, 0) is 31.6 Å². The molecule has 0 aromatic rings. The molecule has 15 heavy (non-hydrogen) atoms. The van der Waals surface area contributed by atoms with E-state index in [1.165, 1.54) is 25.7 Å². The van der Waals surface area contributed by atoms with Gasteiger partial charge in [0, 0.05) is 6.04 Å². The number of hydrogen-bond donors (Lipinski definition) is 2. The third-order valence-electron chi connectivity index (χ3n) is 3.83. The highest BCUT2D eigenvalue weighted by Crippen LogP contribution is 2.36. The molecule has 1 aliphatic rings. The van der Waals surface area contributed by atoms with Gasteiger partial charge in [0.25, 0.3) is 0 Å². The third-order valence-corrected chi connectivity index (χ3v) is 3.83. The van der Waals surface area contributed by atoms with Crippen LogP contribution in [0.5, 0.6) is 0 Å². The predicted molar refractivity (Wildman–Crippen MR) is 64.7 cm³/mol. The molecule has 1 fully saturated rings. The lowest BCUT2D eigenvalue weighted by atomic mass is 9.84. The van der Waals surface area contributed by atoms with Gasteiger partial charge in [0.05, 0.1) is 5.60 Å². The van der Waals surface area contributed by atoms with E-state index in [2.05, 4.69) is 13.8 Å². The summed E-state index contributed by atoms with van der Waals surface area (Å²) < 4.78 is 0. The van der Waals surface area contributed by atoms with Gasteiger partial charge in [0.15, 0.2) is 0 Å². The van der Waals surface area contributed by atoms with Gasteiger partial charge in [0.2, 0.25) is 0 Å². The maximum atomic E-state index is 10.4. The largest absolute Gasteiger partial charge is 0.390 e. The zero-order valence-electron chi connectivity index (χ0n) is 10.3. The van der Waals surface area contributed by atoms with Crippen LogP contribution in [0.15, 0.2) is 0 Å². The molecule has 3 atom stereocenters. The smallest absolute Gasteiger partial charge is 0.0665 e. The molecule has 0 aliphatic heterocycles. The van der Waals surface area contributed by atoms with Gasteiger partial charge < -0.3 is 10.8 Å². The number of aliphatic hydroxyl groups is 1. The van der Waals surface area contributed by atoms with Crippen LogP contribution in [0.3, 0.4) is 0 Å². The normalized spacial score (nSPS) is 33.2. The van der Waals surface area contributed by atoms with Gasteiger partial charge >= 0.3 is 0 Å². The second kappa shape index (κ2) is 5.86. The van der Waals surface area contributed by atoms with Gasteiger partial charge in [-0.25, -0.2) is 0 Å². The predicted octanol–water partition coefficient (Wildman–Crippen LogP) is 2.84. The Morgan fingerprint density at radius 1 is 1.47 bits per heavy atom. The van der Waals surface area contributed by atoms with E-state index in [1.807, 2.05) is 0 Å². The van der Waals surface area contributed by atoms with Gasteiger partial charge in [-0.3, -0.25) is 0 Å². The Morgan fingerprint density at radius 3 is 2.67 bits per heavy atom. The second-order valence-corrected chi connectivity index (χ2v) is 5.35. The van der Waals surface area contributed by atoms with Crippen molar-refractivity contribution in [2.75, 3.05) is 0 Å². The molecule has 2 heteroatoms. The SMILES string of the molecule is CCCCC(CC)CC1(O)CCC(N)C1. The number of hydrogen-bond acceptors (Lipinski definition) is 2. The summed E-state index contributed by atoms with van der Waals surface area (Å²) in [7, 11) is 0. The molecular weight excluding hydrogens is 186 g/mol. The van der Waals surface area contributed by atoms with Crippen LogP contribution in [0.2, 0.25) is 0 Å². The van der Waals surface area contributed by atoms with Crippen molar-refractivity contribution in [2.24, 2.45) is 11.7 Å². The Hall–Kier alpha value is -0.0800. The van der Waals surface area contributed by atoms with Gasteiger partial charge in [0.1, 0.15) is 0 Å². The minimum Gasteiger partial charge on any atom is -0.390 e. The first-order chi connectivity index (χ1) is 7.09. The van der Waals surface area contributed by atoms with Crippen molar-refractivity contribution in [2.45, 2.75) is 76.9 Å². The van der Waals surface area contributed by atoms with E-state index in [1.54, 1.807) is 0 Å². The molecule has 0 aromatic heterocycles. The van der Waals surface area contributed by atoms with Crippen LogP contribution in [0.4, 0.5) is 0 Å². The molecular formula is C13H27NO. The van der Waals surface area contributed by atoms with Crippen LogP contribution < -0.4 is 5.73 Å². The average molecular weight is 213 g/mol. The Balaban J connectivity index is 2.36. The summed E-state index contributed by atoms with van der Waals surface area (Å²) in [5.41, 5.74) is 5.43. The summed E-state index contributed by atoms with van der Waals surface area (Å²) in [6, 6.07) is 0.235.